The summed E-state index contributed by atoms with van der Waals surface area (Å²) in [6.45, 7) is 0.576. The van der Waals surface area contributed by atoms with E-state index in [0.29, 0.717) is 10.00 Å². The summed E-state index contributed by atoms with van der Waals surface area (Å²) in [5.74, 6) is -3.32. The van der Waals surface area contributed by atoms with Crippen LogP contribution in [0.15, 0.2) is 47.5 Å². The van der Waals surface area contributed by atoms with Crippen molar-refractivity contribution in [1.82, 2.24) is 9.29 Å². The highest BCUT2D eigenvalue weighted by Crippen LogP contribution is 2.23. The number of hydrogen-bond donors (Lipinski definition) is 0. The monoisotopic (exact) mass is 370 g/mol. The molecule has 0 spiro atoms. The van der Waals surface area contributed by atoms with E-state index in [4.69, 9.17) is 4.74 Å². The highest BCUT2D eigenvalue weighted by atomic mass is 32.2. The Labute approximate surface area is 144 Å². The lowest BCUT2D eigenvalue weighted by molar-refractivity contribution is -0.143. The zero-order chi connectivity index (χ0) is 18.4. The fraction of sp³-hybridized carbons (Fsp3) is 0.250. The predicted octanol–water partition coefficient (Wildman–Crippen LogP) is 2.11. The van der Waals surface area contributed by atoms with Gasteiger partial charge in [-0.2, -0.15) is 4.31 Å². The molecule has 0 aliphatic heterocycles. The molecule has 0 saturated carbocycles. The van der Waals surface area contributed by atoms with Crippen LogP contribution in [0.25, 0.3) is 0 Å². The molecule has 1 aromatic heterocycles. The Morgan fingerprint density at radius 3 is 2.40 bits per heavy atom. The normalized spacial score (nSPS) is 11.5. The number of nitrogens with zero attached hydrogens (tertiary/aromatic N) is 2. The van der Waals surface area contributed by atoms with E-state index >= 15 is 0 Å². The largest absolute Gasteiger partial charge is 0.465 e. The Morgan fingerprint density at radius 2 is 1.84 bits per heavy atom. The maximum Gasteiger partial charge on any atom is 0.321 e. The summed E-state index contributed by atoms with van der Waals surface area (Å²) in [5.41, 5.74) is 0.312. The van der Waals surface area contributed by atoms with Crippen molar-refractivity contribution in [2.75, 3.05) is 13.2 Å². The van der Waals surface area contributed by atoms with Gasteiger partial charge in [0.1, 0.15) is 18.2 Å². The van der Waals surface area contributed by atoms with Crippen molar-refractivity contribution in [2.24, 2.45) is 0 Å². The number of hydrogen-bond acceptors (Lipinski definition) is 5. The molecule has 6 nitrogen and oxygen atoms in total. The summed E-state index contributed by atoms with van der Waals surface area (Å²) in [4.78, 5) is 14.6. The van der Waals surface area contributed by atoms with E-state index in [0.717, 1.165) is 18.2 Å². The first kappa shape index (κ1) is 18.9. The maximum absolute atomic E-state index is 14.0. The third-order valence-electron chi connectivity index (χ3n) is 3.19. The number of pyridine rings is 1. The van der Waals surface area contributed by atoms with Crippen molar-refractivity contribution in [1.29, 1.82) is 0 Å². The molecule has 2 rings (SSSR count). The van der Waals surface area contributed by atoms with E-state index in [9.17, 15) is 22.0 Å². The van der Waals surface area contributed by atoms with Crippen LogP contribution >= 0.6 is 0 Å². The summed E-state index contributed by atoms with van der Waals surface area (Å²) in [7, 11) is -4.63. The molecule has 0 aliphatic rings. The van der Waals surface area contributed by atoms with Crippen LogP contribution in [0.1, 0.15) is 12.6 Å². The summed E-state index contributed by atoms with van der Waals surface area (Å²) >= 11 is 0. The Balaban J connectivity index is 2.44. The number of sulfonamides is 1. The van der Waals surface area contributed by atoms with E-state index in [1.807, 2.05) is 0 Å². The van der Waals surface area contributed by atoms with Gasteiger partial charge in [-0.25, -0.2) is 17.2 Å². The van der Waals surface area contributed by atoms with Crippen LogP contribution < -0.4 is 0 Å². The number of aromatic nitrogens is 1. The zero-order valence-electron chi connectivity index (χ0n) is 13.4. The number of ether oxygens (including phenoxy) is 1. The molecule has 0 aliphatic carbocycles. The molecule has 2 aromatic rings. The molecule has 0 saturated heterocycles. The first-order valence-electron chi connectivity index (χ1n) is 7.36. The van der Waals surface area contributed by atoms with Gasteiger partial charge in [-0.15, -0.1) is 0 Å². The average molecular weight is 370 g/mol. The maximum atomic E-state index is 14.0. The molecule has 134 valence electrons. The highest BCUT2D eigenvalue weighted by Gasteiger charge is 2.32. The minimum atomic E-state index is -4.63. The lowest BCUT2D eigenvalue weighted by Gasteiger charge is -2.21. The minimum Gasteiger partial charge on any atom is -0.465 e. The van der Waals surface area contributed by atoms with E-state index < -0.39 is 39.1 Å². The number of esters is 1. The smallest absolute Gasteiger partial charge is 0.321 e. The molecule has 9 heteroatoms. The number of halogens is 2. The van der Waals surface area contributed by atoms with Crippen LogP contribution in [0, 0.1) is 11.6 Å². The molecule has 0 amide bonds. The van der Waals surface area contributed by atoms with Crippen molar-refractivity contribution in [2.45, 2.75) is 18.4 Å². The van der Waals surface area contributed by atoms with E-state index in [1.54, 1.807) is 19.1 Å². The average Bonchev–Trinajstić information content (AvgIpc) is 2.55. The molecule has 1 aromatic carbocycles. The van der Waals surface area contributed by atoms with Crippen LogP contribution in [0.5, 0.6) is 0 Å². The molecule has 0 N–H and O–H groups in total. The van der Waals surface area contributed by atoms with Gasteiger partial charge >= 0.3 is 5.97 Å². The SMILES string of the molecule is CCOC(=O)CN(Cc1ccccn1)S(=O)(=O)c1c(F)cccc1F. The van der Waals surface area contributed by atoms with Crippen molar-refractivity contribution in [3.05, 3.63) is 59.9 Å². The lowest BCUT2D eigenvalue weighted by atomic mass is 10.3. The van der Waals surface area contributed by atoms with Crippen molar-refractivity contribution in [3.8, 4) is 0 Å². The predicted molar refractivity (Wildman–Crippen MR) is 84.8 cm³/mol. The fourth-order valence-electron chi connectivity index (χ4n) is 2.11. The lowest BCUT2D eigenvalue weighted by Crippen LogP contribution is -2.37. The van der Waals surface area contributed by atoms with Crippen LogP contribution in [0.3, 0.4) is 0 Å². The van der Waals surface area contributed by atoms with Gasteiger partial charge in [0, 0.05) is 6.20 Å². The first-order chi connectivity index (χ1) is 11.9. The van der Waals surface area contributed by atoms with Gasteiger partial charge in [-0.05, 0) is 31.2 Å². The van der Waals surface area contributed by atoms with Crippen molar-refractivity contribution < 1.29 is 26.7 Å². The third-order valence-corrected chi connectivity index (χ3v) is 5.04. The summed E-state index contributed by atoms with van der Waals surface area (Å²) in [5, 5.41) is 0. The van der Waals surface area contributed by atoms with Crippen LogP contribution in [0.2, 0.25) is 0 Å². The number of carbonyl (C=O) groups excluding carboxylic acids is 1. The Kier molecular flexibility index (Phi) is 6.16. The van der Waals surface area contributed by atoms with E-state index in [-0.39, 0.29) is 13.2 Å². The third kappa shape index (κ3) is 4.58. The summed E-state index contributed by atoms with van der Waals surface area (Å²) < 4.78 is 58.7. The quantitative estimate of drug-likeness (QED) is 0.698. The molecule has 0 bridgehead atoms. The topological polar surface area (TPSA) is 76.6 Å². The second-order valence-corrected chi connectivity index (χ2v) is 6.82. The Bertz CT molecular complexity index is 824. The van der Waals surface area contributed by atoms with Gasteiger partial charge in [0.2, 0.25) is 10.0 Å². The van der Waals surface area contributed by atoms with Gasteiger partial charge < -0.3 is 4.74 Å². The summed E-state index contributed by atoms with van der Waals surface area (Å²) in [6, 6.07) is 7.51. The second-order valence-electron chi connectivity index (χ2n) is 4.95. The highest BCUT2D eigenvalue weighted by molar-refractivity contribution is 7.89. The Morgan fingerprint density at radius 1 is 1.16 bits per heavy atom. The molecular formula is C16H16F2N2O4S. The number of carbonyl (C=O) groups is 1. The summed E-state index contributed by atoms with van der Waals surface area (Å²) in [6.07, 6.45) is 1.44. The first-order valence-corrected chi connectivity index (χ1v) is 8.80. The van der Waals surface area contributed by atoms with E-state index in [1.165, 1.54) is 12.3 Å². The molecule has 0 radical (unpaired) electrons. The van der Waals surface area contributed by atoms with Gasteiger partial charge in [0.25, 0.3) is 0 Å². The van der Waals surface area contributed by atoms with Crippen molar-refractivity contribution in [3.63, 3.8) is 0 Å². The standard InChI is InChI=1S/C16H16F2N2O4S/c1-2-24-15(21)11-20(10-12-6-3-4-9-19-12)25(22,23)16-13(17)7-5-8-14(16)18/h3-9H,2,10-11H2,1H3. The molecular weight excluding hydrogens is 354 g/mol. The van der Waals surface area contributed by atoms with Gasteiger partial charge in [0.15, 0.2) is 4.90 Å². The van der Waals surface area contributed by atoms with E-state index in [2.05, 4.69) is 4.98 Å². The zero-order valence-corrected chi connectivity index (χ0v) is 14.2. The fourth-order valence-corrected chi connectivity index (χ4v) is 3.57. The molecule has 0 atom stereocenters. The Hall–Kier alpha value is -2.39. The molecule has 0 unspecified atom stereocenters. The molecule has 25 heavy (non-hydrogen) atoms. The van der Waals surface area contributed by atoms with Crippen LogP contribution in [-0.4, -0.2) is 36.8 Å². The minimum absolute atomic E-state index is 0.0460. The number of rotatable bonds is 7. The van der Waals surface area contributed by atoms with Crippen molar-refractivity contribution >= 4 is 16.0 Å². The molecule has 0 fully saturated rings. The van der Waals surface area contributed by atoms with Crippen LogP contribution in [0.4, 0.5) is 8.78 Å². The number of benzene rings is 1. The van der Waals surface area contributed by atoms with Crippen LogP contribution in [-0.2, 0) is 26.1 Å². The van der Waals surface area contributed by atoms with Gasteiger partial charge in [0.05, 0.1) is 18.8 Å². The molecule has 1 heterocycles. The second kappa shape index (κ2) is 8.13. The van der Waals surface area contributed by atoms with Gasteiger partial charge in [-0.1, -0.05) is 12.1 Å². The van der Waals surface area contributed by atoms with Gasteiger partial charge in [-0.3, -0.25) is 9.78 Å².